The number of hydrogen-bond acceptors (Lipinski definition) is 5. The van der Waals surface area contributed by atoms with E-state index in [0.29, 0.717) is 0 Å². The Hall–Kier alpha value is -1.63. The highest BCUT2D eigenvalue weighted by Gasteiger charge is 2.27. The van der Waals surface area contributed by atoms with Crippen LogP contribution in [0.1, 0.15) is 20.3 Å². The minimum absolute atomic E-state index is 0.107. The highest BCUT2D eigenvalue weighted by Crippen LogP contribution is 1.93. The number of carboxylic acid groups (broad SMARTS) is 1. The van der Waals surface area contributed by atoms with Gasteiger partial charge in [0.15, 0.2) is 6.04 Å². The molecule has 1 amide bonds. The number of ether oxygens (including phenoxy) is 1. The van der Waals surface area contributed by atoms with Crippen LogP contribution >= 0.6 is 0 Å². The van der Waals surface area contributed by atoms with Crippen LogP contribution in [0.2, 0.25) is 0 Å². The molecule has 0 saturated carbocycles. The predicted octanol–water partition coefficient (Wildman–Crippen LogP) is -1.14. The first-order valence-electron chi connectivity index (χ1n) is 4.89. The highest BCUT2D eigenvalue weighted by molar-refractivity contribution is 6.02. The molecule has 0 heterocycles. The summed E-state index contributed by atoms with van der Waals surface area (Å²) < 4.78 is 4.53. The van der Waals surface area contributed by atoms with Gasteiger partial charge < -0.3 is 20.9 Å². The molecule has 0 aromatic rings. The molecule has 0 fully saturated rings. The van der Waals surface area contributed by atoms with Crippen LogP contribution in [0.4, 0.5) is 0 Å². The fraction of sp³-hybridized carbons (Fsp3) is 0.667. The van der Waals surface area contributed by atoms with Crippen molar-refractivity contribution in [2.75, 3.05) is 6.61 Å². The van der Waals surface area contributed by atoms with E-state index in [1.807, 2.05) is 0 Å². The third-order valence-corrected chi connectivity index (χ3v) is 1.85. The average Bonchev–Trinajstić information content (AvgIpc) is 2.24. The molecule has 0 rings (SSSR count). The lowest BCUT2D eigenvalue weighted by molar-refractivity contribution is -0.150. The number of carbonyl (C=O) groups is 3. The maximum absolute atomic E-state index is 11.3. The molecular weight excluding hydrogens is 216 g/mol. The van der Waals surface area contributed by atoms with Gasteiger partial charge in [-0.2, -0.15) is 0 Å². The summed E-state index contributed by atoms with van der Waals surface area (Å²) >= 11 is 0. The Bertz CT molecular complexity index is 279. The van der Waals surface area contributed by atoms with Crippen molar-refractivity contribution in [3.63, 3.8) is 0 Å². The van der Waals surface area contributed by atoms with Gasteiger partial charge in [0.05, 0.1) is 6.61 Å². The number of nitrogens with two attached hydrogens (primary N) is 1. The van der Waals surface area contributed by atoms with E-state index in [1.165, 1.54) is 0 Å². The second-order valence-corrected chi connectivity index (χ2v) is 3.04. The number of amides is 1. The Balaban J connectivity index is 4.34. The van der Waals surface area contributed by atoms with Gasteiger partial charge >= 0.3 is 11.9 Å². The molecule has 0 aliphatic carbocycles. The molecule has 0 aromatic heterocycles. The first kappa shape index (κ1) is 14.4. The maximum Gasteiger partial charge on any atom is 0.332 e. The molecule has 0 bridgehead atoms. The van der Waals surface area contributed by atoms with E-state index in [1.54, 1.807) is 13.8 Å². The fourth-order valence-corrected chi connectivity index (χ4v) is 0.939. The molecule has 0 aromatic carbocycles. The number of nitrogens with one attached hydrogen (secondary N) is 1. The van der Waals surface area contributed by atoms with Crippen molar-refractivity contribution in [1.29, 1.82) is 0 Å². The van der Waals surface area contributed by atoms with Crippen LogP contribution in [0, 0.1) is 0 Å². The molecule has 7 heteroatoms. The Labute approximate surface area is 92.9 Å². The van der Waals surface area contributed by atoms with Crippen molar-refractivity contribution < 1.29 is 24.2 Å². The van der Waals surface area contributed by atoms with E-state index >= 15 is 0 Å². The summed E-state index contributed by atoms with van der Waals surface area (Å²) in [7, 11) is 0. The van der Waals surface area contributed by atoms with Crippen LogP contribution in [-0.4, -0.2) is 41.6 Å². The topological polar surface area (TPSA) is 119 Å². The number of aliphatic carboxylic acids is 1. The molecule has 16 heavy (non-hydrogen) atoms. The third-order valence-electron chi connectivity index (χ3n) is 1.85. The molecule has 4 N–H and O–H groups in total. The van der Waals surface area contributed by atoms with Crippen LogP contribution < -0.4 is 11.1 Å². The van der Waals surface area contributed by atoms with E-state index < -0.39 is 29.9 Å². The number of hydrogen-bond donors (Lipinski definition) is 3. The smallest absolute Gasteiger partial charge is 0.332 e. The molecule has 2 atom stereocenters. The molecule has 0 saturated heterocycles. The van der Waals surface area contributed by atoms with Gasteiger partial charge in [-0.05, 0) is 13.3 Å². The largest absolute Gasteiger partial charge is 0.480 e. The summed E-state index contributed by atoms with van der Waals surface area (Å²) in [5.74, 6) is -2.90. The van der Waals surface area contributed by atoms with E-state index in [4.69, 9.17) is 10.8 Å². The maximum atomic E-state index is 11.3. The van der Waals surface area contributed by atoms with E-state index in [9.17, 15) is 14.4 Å². The summed E-state index contributed by atoms with van der Waals surface area (Å²) in [6, 6.07) is -2.54. The molecule has 1 unspecified atom stereocenters. The minimum atomic E-state index is -1.49. The van der Waals surface area contributed by atoms with Gasteiger partial charge in [-0.15, -0.1) is 0 Å². The fourth-order valence-electron chi connectivity index (χ4n) is 0.939. The lowest BCUT2D eigenvalue weighted by Gasteiger charge is -2.15. The predicted molar refractivity (Wildman–Crippen MR) is 54.5 cm³/mol. The summed E-state index contributed by atoms with van der Waals surface area (Å²) in [5.41, 5.74) is 5.27. The van der Waals surface area contributed by atoms with Crippen molar-refractivity contribution >= 4 is 17.8 Å². The van der Waals surface area contributed by atoms with Gasteiger partial charge in [0.1, 0.15) is 6.04 Å². The SMILES string of the molecule is CCOC(=O)C(N)C(=O)N[C@@H](CC)C(=O)O. The van der Waals surface area contributed by atoms with Crippen LogP contribution in [0.15, 0.2) is 0 Å². The van der Waals surface area contributed by atoms with Crippen molar-refractivity contribution in [1.82, 2.24) is 5.32 Å². The monoisotopic (exact) mass is 232 g/mol. The van der Waals surface area contributed by atoms with Crippen molar-refractivity contribution in [2.24, 2.45) is 5.73 Å². The van der Waals surface area contributed by atoms with E-state index in [0.717, 1.165) is 0 Å². The standard InChI is InChI=1S/C9H16N2O5/c1-3-5(8(13)14)11-7(12)6(10)9(15)16-4-2/h5-6H,3-4,10H2,1-2H3,(H,11,12)(H,13,14)/t5-,6?/m0/s1. The Morgan fingerprint density at radius 2 is 1.94 bits per heavy atom. The zero-order valence-corrected chi connectivity index (χ0v) is 9.23. The summed E-state index contributed by atoms with van der Waals surface area (Å²) in [4.78, 5) is 33.0. The quantitative estimate of drug-likeness (QED) is 0.393. The third kappa shape index (κ3) is 4.26. The Morgan fingerprint density at radius 3 is 2.31 bits per heavy atom. The number of carbonyl (C=O) groups excluding carboxylic acids is 2. The lowest BCUT2D eigenvalue weighted by Crippen LogP contribution is -2.51. The second-order valence-electron chi connectivity index (χ2n) is 3.04. The molecule has 0 radical (unpaired) electrons. The van der Waals surface area contributed by atoms with Crippen molar-refractivity contribution in [3.8, 4) is 0 Å². The van der Waals surface area contributed by atoms with E-state index in [2.05, 4.69) is 10.1 Å². The van der Waals surface area contributed by atoms with Crippen LogP contribution in [-0.2, 0) is 19.1 Å². The minimum Gasteiger partial charge on any atom is -0.480 e. The Morgan fingerprint density at radius 1 is 1.38 bits per heavy atom. The summed E-state index contributed by atoms with van der Waals surface area (Å²) in [6.45, 7) is 3.28. The molecule has 0 aliphatic rings. The van der Waals surface area contributed by atoms with Gasteiger partial charge in [-0.1, -0.05) is 6.92 Å². The van der Waals surface area contributed by atoms with Crippen LogP contribution in [0.25, 0.3) is 0 Å². The van der Waals surface area contributed by atoms with Crippen molar-refractivity contribution in [3.05, 3.63) is 0 Å². The molecular formula is C9H16N2O5. The van der Waals surface area contributed by atoms with Crippen LogP contribution in [0.5, 0.6) is 0 Å². The molecule has 7 nitrogen and oxygen atoms in total. The van der Waals surface area contributed by atoms with Gasteiger partial charge in [-0.25, -0.2) is 9.59 Å². The van der Waals surface area contributed by atoms with Gasteiger partial charge in [0.2, 0.25) is 5.91 Å². The average molecular weight is 232 g/mol. The van der Waals surface area contributed by atoms with Gasteiger partial charge in [-0.3, -0.25) is 4.79 Å². The normalized spacial score (nSPS) is 13.7. The van der Waals surface area contributed by atoms with E-state index in [-0.39, 0.29) is 13.0 Å². The lowest BCUT2D eigenvalue weighted by atomic mass is 10.2. The first-order chi connectivity index (χ1) is 7.43. The zero-order chi connectivity index (χ0) is 12.7. The molecule has 0 aliphatic heterocycles. The summed E-state index contributed by atoms with van der Waals surface area (Å²) in [6.07, 6.45) is 0.205. The summed E-state index contributed by atoms with van der Waals surface area (Å²) in [5, 5.41) is 10.8. The number of carboxylic acids is 1. The number of esters is 1. The second kappa shape index (κ2) is 6.78. The van der Waals surface area contributed by atoms with Crippen LogP contribution in [0.3, 0.4) is 0 Å². The zero-order valence-electron chi connectivity index (χ0n) is 9.23. The highest BCUT2D eigenvalue weighted by atomic mass is 16.5. The van der Waals surface area contributed by atoms with Gasteiger partial charge in [0.25, 0.3) is 0 Å². The molecule has 92 valence electrons. The van der Waals surface area contributed by atoms with Gasteiger partial charge in [0, 0.05) is 0 Å². The molecule has 0 spiro atoms. The Kier molecular flexibility index (Phi) is 6.09. The first-order valence-corrected chi connectivity index (χ1v) is 4.89. The van der Waals surface area contributed by atoms with Crippen molar-refractivity contribution in [2.45, 2.75) is 32.4 Å². The number of rotatable bonds is 6.